The van der Waals surface area contributed by atoms with Gasteiger partial charge in [-0.1, -0.05) is 34.5 Å². The molecule has 0 saturated carbocycles. The molecule has 4 rings (SSSR count). The number of hydrogen-bond acceptors (Lipinski definition) is 7. The minimum atomic E-state index is -1.00. The molecule has 0 radical (unpaired) electrons. The number of carbonyl (C=O) groups excluding carboxylic acids is 3. The monoisotopic (exact) mass is 447 g/mol. The molecule has 11 heteroatoms. The summed E-state index contributed by atoms with van der Waals surface area (Å²) in [4.78, 5) is 39.1. The van der Waals surface area contributed by atoms with Crippen LogP contribution in [0.15, 0.2) is 52.8 Å². The quantitative estimate of drug-likeness (QED) is 0.709. The number of nitrogens with one attached hydrogen (secondary N) is 1. The van der Waals surface area contributed by atoms with E-state index in [0.717, 1.165) is 4.90 Å². The van der Waals surface area contributed by atoms with Crippen LogP contribution in [0.1, 0.15) is 0 Å². The smallest absolute Gasteiger partial charge is 0.263 e. The Kier molecular flexibility index (Phi) is 5.31. The van der Waals surface area contributed by atoms with Gasteiger partial charge in [0, 0.05) is 10.7 Å². The number of methoxy groups -OCH3 is 1. The number of benzene rings is 2. The van der Waals surface area contributed by atoms with E-state index in [0.29, 0.717) is 27.2 Å². The Morgan fingerprint density at radius 3 is 2.67 bits per heavy atom. The summed E-state index contributed by atoms with van der Waals surface area (Å²) in [5, 5.41) is 12.3. The minimum absolute atomic E-state index is 0.267. The van der Waals surface area contributed by atoms with E-state index in [4.69, 9.17) is 27.9 Å². The first-order chi connectivity index (χ1) is 14.4. The summed E-state index contributed by atoms with van der Waals surface area (Å²) >= 11 is 12.0. The minimum Gasteiger partial charge on any atom is -0.495 e. The zero-order valence-corrected chi connectivity index (χ0v) is 17.1. The third-order valence-electron chi connectivity index (χ3n) is 4.67. The summed E-state index contributed by atoms with van der Waals surface area (Å²) < 4.78 is 5.07. The van der Waals surface area contributed by atoms with Crippen LogP contribution in [-0.4, -0.2) is 48.5 Å². The molecule has 0 unspecified atom stereocenters. The molecule has 0 bridgehead atoms. The van der Waals surface area contributed by atoms with Gasteiger partial charge in [0.25, 0.3) is 11.8 Å². The first kappa shape index (κ1) is 20.1. The van der Waals surface area contributed by atoms with Gasteiger partial charge in [0.05, 0.1) is 17.8 Å². The lowest BCUT2D eigenvalue weighted by atomic mass is 10.1. The number of fused-ring (bicyclic) bond motifs is 1. The van der Waals surface area contributed by atoms with Gasteiger partial charge in [0.2, 0.25) is 5.91 Å². The zero-order chi connectivity index (χ0) is 21.4. The summed E-state index contributed by atoms with van der Waals surface area (Å²) in [5.74, 6) is -1.00. The summed E-state index contributed by atoms with van der Waals surface area (Å²) in [5.41, 5.74) is 0.798. The maximum Gasteiger partial charge on any atom is 0.263 e. The van der Waals surface area contributed by atoms with Gasteiger partial charge in [-0.15, -0.1) is 0 Å². The number of nitrogens with zero attached hydrogens (tertiary/aromatic N) is 4. The third-order valence-corrected chi connectivity index (χ3v) is 5.20. The van der Waals surface area contributed by atoms with Crippen LogP contribution in [0.4, 0.5) is 11.4 Å². The lowest BCUT2D eigenvalue weighted by Crippen LogP contribution is -2.43. The van der Waals surface area contributed by atoms with E-state index in [1.54, 1.807) is 30.3 Å². The van der Waals surface area contributed by atoms with Gasteiger partial charge in [-0.05, 0) is 36.4 Å². The molecule has 1 N–H and O–H groups in total. The normalized spacial score (nSPS) is 20.0. The lowest BCUT2D eigenvalue weighted by Gasteiger charge is -2.20. The highest BCUT2D eigenvalue weighted by atomic mass is 35.5. The molecule has 0 aliphatic carbocycles. The molecule has 2 aromatic rings. The average molecular weight is 448 g/mol. The summed E-state index contributed by atoms with van der Waals surface area (Å²) in [7, 11) is 1.49. The van der Waals surface area contributed by atoms with Crippen LogP contribution >= 0.6 is 23.2 Å². The second-order valence-corrected chi connectivity index (χ2v) is 7.43. The standard InChI is InChI=1S/C19H15Cl2N5O4/c1-30-14-6-5-11(8-13(14)21)22-15(27)9-25-17-16(23-24-25)18(28)26(19(17)29)12-4-2-3-10(20)7-12/h2-8,16-17H,9H2,1H3,(H,22,27)/t16-,17-/m0/s1. The van der Waals surface area contributed by atoms with Crippen molar-refractivity contribution < 1.29 is 19.1 Å². The molecule has 2 heterocycles. The van der Waals surface area contributed by atoms with Gasteiger partial charge in [-0.2, -0.15) is 5.11 Å². The summed E-state index contributed by atoms with van der Waals surface area (Å²) in [6, 6.07) is 9.19. The van der Waals surface area contributed by atoms with Gasteiger partial charge in [0.1, 0.15) is 12.3 Å². The highest BCUT2D eigenvalue weighted by Crippen LogP contribution is 2.33. The van der Waals surface area contributed by atoms with Gasteiger partial charge >= 0.3 is 0 Å². The predicted octanol–water partition coefficient (Wildman–Crippen LogP) is 2.93. The third kappa shape index (κ3) is 3.57. The van der Waals surface area contributed by atoms with Crippen LogP contribution < -0.4 is 15.0 Å². The van der Waals surface area contributed by atoms with Crippen LogP contribution in [0.25, 0.3) is 0 Å². The van der Waals surface area contributed by atoms with E-state index < -0.39 is 29.8 Å². The number of ether oxygens (including phenoxy) is 1. The number of amides is 3. The zero-order valence-electron chi connectivity index (χ0n) is 15.6. The fourth-order valence-corrected chi connectivity index (χ4v) is 3.76. The highest BCUT2D eigenvalue weighted by molar-refractivity contribution is 6.32. The molecule has 2 aliphatic heterocycles. The largest absolute Gasteiger partial charge is 0.495 e. The van der Waals surface area contributed by atoms with E-state index >= 15 is 0 Å². The van der Waals surface area contributed by atoms with Crippen molar-refractivity contribution in [3.05, 3.63) is 52.5 Å². The van der Waals surface area contributed by atoms with E-state index in [-0.39, 0.29) is 6.54 Å². The van der Waals surface area contributed by atoms with Crippen LogP contribution in [0.3, 0.4) is 0 Å². The molecule has 30 heavy (non-hydrogen) atoms. The topological polar surface area (TPSA) is 104 Å². The summed E-state index contributed by atoms with van der Waals surface area (Å²) in [6.45, 7) is -0.267. The number of imide groups is 1. The van der Waals surface area contributed by atoms with E-state index in [9.17, 15) is 14.4 Å². The Bertz CT molecular complexity index is 1080. The van der Waals surface area contributed by atoms with Crippen molar-refractivity contribution in [1.82, 2.24) is 5.01 Å². The summed E-state index contributed by atoms with van der Waals surface area (Å²) in [6.07, 6.45) is 0. The molecule has 1 fully saturated rings. The maximum absolute atomic E-state index is 12.9. The van der Waals surface area contributed by atoms with E-state index in [2.05, 4.69) is 15.7 Å². The molecule has 2 atom stereocenters. The molecule has 0 aromatic heterocycles. The first-order valence-electron chi connectivity index (χ1n) is 8.83. The fraction of sp³-hybridized carbons (Fsp3) is 0.211. The molecule has 2 aliphatic rings. The van der Waals surface area contributed by atoms with Crippen molar-refractivity contribution in [1.29, 1.82) is 0 Å². The molecule has 9 nitrogen and oxygen atoms in total. The van der Waals surface area contributed by atoms with Crippen LogP contribution in [0.5, 0.6) is 5.75 Å². The highest BCUT2D eigenvalue weighted by Gasteiger charge is 2.55. The van der Waals surface area contributed by atoms with Crippen molar-refractivity contribution >= 4 is 52.3 Å². The first-order valence-corrected chi connectivity index (χ1v) is 9.59. The molecule has 3 amide bonds. The number of rotatable bonds is 5. The van der Waals surface area contributed by atoms with Crippen molar-refractivity contribution in [3.63, 3.8) is 0 Å². The molecule has 1 saturated heterocycles. The Balaban J connectivity index is 1.47. The molecular weight excluding hydrogens is 433 g/mol. The lowest BCUT2D eigenvalue weighted by molar-refractivity contribution is -0.123. The SMILES string of the molecule is COc1ccc(NC(=O)CN2N=N[C@@H]3C(=O)N(c4cccc(Cl)c4)C(=O)[C@H]32)cc1Cl. The number of carbonyl (C=O) groups is 3. The van der Waals surface area contributed by atoms with Crippen molar-refractivity contribution in [2.45, 2.75) is 12.1 Å². The second-order valence-electron chi connectivity index (χ2n) is 6.58. The van der Waals surface area contributed by atoms with Gasteiger partial charge in [0.15, 0.2) is 12.1 Å². The van der Waals surface area contributed by atoms with Crippen molar-refractivity contribution in [3.8, 4) is 5.75 Å². The van der Waals surface area contributed by atoms with E-state index in [1.807, 2.05) is 0 Å². The fourth-order valence-electron chi connectivity index (χ4n) is 3.32. The molecule has 2 aromatic carbocycles. The van der Waals surface area contributed by atoms with Gasteiger partial charge in [-0.3, -0.25) is 19.4 Å². The maximum atomic E-state index is 12.9. The van der Waals surface area contributed by atoms with E-state index in [1.165, 1.54) is 24.3 Å². The van der Waals surface area contributed by atoms with Crippen molar-refractivity contribution in [2.24, 2.45) is 10.3 Å². The number of anilines is 2. The Morgan fingerprint density at radius 2 is 1.97 bits per heavy atom. The second kappa shape index (κ2) is 7.92. The Labute approximate surface area is 181 Å². The van der Waals surface area contributed by atoms with Crippen LogP contribution in [0, 0.1) is 0 Å². The van der Waals surface area contributed by atoms with Crippen molar-refractivity contribution in [2.75, 3.05) is 23.9 Å². The Hall–Kier alpha value is -3.17. The molecule has 0 spiro atoms. The average Bonchev–Trinajstić information content (AvgIpc) is 3.21. The predicted molar refractivity (Wildman–Crippen MR) is 110 cm³/mol. The van der Waals surface area contributed by atoms with Crippen LogP contribution in [0.2, 0.25) is 10.0 Å². The molecular formula is C19H15Cl2N5O4. The Morgan fingerprint density at radius 1 is 1.17 bits per heavy atom. The number of halogens is 2. The van der Waals surface area contributed by atoms with Gasteiger partial charge < -0.3 is 10.1 Å². The van der Waals surface area contributed by atoms with Crippen LogP contribution in [-0.2, 0) is 14.4 Å². The number of hydrogen-bond donors (Lipinski definition) is 1. The van der Waals surface area contributed by atoms with Gasteiger partial charge in [-0.25, -0.2) is 4.90 Å². The molecule has 154 valence electrons.